The van der Waals surface area contributed by atoms with Crippen LogP contribution in [0.1, 0.15) is 50.9 Å². The molecule has 0 saturated carbocycles. The van der Waals surface area contributed by atoms with Gasteiger partial charge in [-0.15, -0.1) is 10.2 Å². The molecule has 0 aromatic carbocycles. The minimum absolute atomic E-state index is 0.0790. The van der Waals surface area contributed by atoms with Crippen LogP contribution in [0.25, 0.3) is 0 Å². The molecule has 1 amide bonds. The molecule has 0 aliphatic carbocycles. The van der Waals surface area contributed by atoms with Gasteiger partial charge in [0.1, 0.15) is 6.04 Å². The normalized spacial score (nSPS) is 18.7. The molecule has 2 rings (SSSR count). The van der Waals surface area contributed by atoms with Gasteiger partial charge in [-0.3, -0.25) is 4.79 Å². The van der Waals surface area contributed by atoms with Crippen molar-refractivity contribution in [2.75, 3.05) is 19.3 Å². The van der Waals surface area contributed by atoms with Crippen LogP contribution in [0.4, 0.5) is 0 Å². The number of sulfonamides is 1. The fraction of sp³-hybridized carbons (Fsp3) is 0.800. The van der Waals surface area contributed by atoms with Gasteiger partial charge in [-0.1, -0.05) is 13.8 Å². The Morgan fingerprint density at radius 2 is 1.96 bits per heavy atom. The van der Waals surface area contributed by atoms with Gasteiger partial charge >= 0.3 is 0 Å². The van der Waals surface area contributed by atoms with Gasteiger partial charge in [0.05, 0.1) is 6.26 Å². The summed E-state index contributed by atoms with van der Waals surface area (Å²) in [6.45, 7) is 6.60. The van der Waals surface area contributed by atoms with E-state index in [1.54, 1.807) is 6.92 Å². The summed E-state index contributed by atoms with van der Waals surface area (Å²) in [6, 6.07) is -0.313. The SMILES string of the molecule is Cc1nnc(C(CC(C)C)NC(=O)C2CCN(S(C)(=O)=O)CC2)o1. The summed E-state index contributed by atoms with van der Waals surface area (Å²) in [7, 11) is -3.19. The van der Waals surface area contributed by atoms with Crippen molar-refractivity contribution < 1.29 is 17.6 Å². The number of aromatic nitrogens is 2. The minimum atomic E-state index is -3.19. The molecule has 1 aliphatic rings. The van der Waals surface area contributed by atoms with E-state index in [-0.39, 0.29) is 17.9 Å². The number of nitrogens with one attached hydrogen (secondary N) is 1. The third-order valence-electron chi connectivity index (χ3n) is 4.16. The Morgan fingerprint density at radius 3 is 2.42 bits per heavy atom. The Kier molecular flexibility index (Phi) is 5.97. The molecule has 1 aliphatic heterocycles. The van der Waals surface area contributed by atoms with Crippen molar-refractivity contribution in [1.29, 1.82) is 0 Å². The highest BCUT2D eigenvalue weighted by Crippen LogP contribution is 2.24. The summed E-state index contributed by atoms with van der Waals surface area (Å²) in [4.78, 5) is 12.6. The largest absolute Gasteiger partial charge is 0.423 e. The Morgan fingerprint density at radius 1 is 1.33 bits per heavy atom. The average molecular weight is 358 g/mol. The topological polar surface area (TPSA) is 105 Å². The van der Waals surface area contributed by atoms with E-state index >= 15 is 0 Å². The molecular weight excluding hydrogens is 332 g/mol. The summed E-state index contributed by atoms with van der Waals surface area (Å²) in [5.41, 5.74) is 0. The second kappa shape index (κ2) is 7.60. The third-order valence-corrected chi connectivity index (χ3v) is 5.46. The lowest BCUT2D eigenvalue weighted by atomic mass is 9.96. The van der Waals surface area contributed by atoms with E-state index in [1.807, 2.05) is 0 Å². The van der Waals surface area contributed by atoms with Crippen LogP contribution < -0.4 is 5.32 Å². The Balaban J connectivity index is 1.98. The minimum Gasteiger partial charge on any atom is -0.423 e. The molecule has 1 aromatic rings. The summed E-state index contributed by atoms with van der Waals surface area (Å²) in [5.74, 6) is 0.971. The number of piperidine rings is 1. The quantitative estimate of drug-likeness (QED) is 0.820. The van der Waals surface area contributed by atoms with Crippen molar-refractivity contribution in [2.45, 2.75) is 46.1 Å². The fourth-order valence-electron chi connectivity index (χ4n) is 2.88. The van der Waals surface area contributed by atoms with E-state index in [4.69, 9.17) is 4.42 Å². The summed E-state index contributed by atoms with van der Waals surface area (Å²) < 4.78 is 30.0. The molecule has 24 heavy (non-hydrogen) atoms. The predicted molar refractivity (Wildman–Crippen MR) is 88.5 cm³/mol. The Labute approximate surface area is 143 Å². The molecule has 8 nitrogen and oxygen atoms in total. The van der Waals surface area contributed by atoms with Gasteiger partial charge in [-0.25, -0.2) is 12.7 Å². The predicted octanol–water partition coefficient (Wildman–Crippen LogP) is 1.25. The summed E-state index contributed by atoms with van der Waals surface area (Å²) in [5, 5.41) is 10.9. The molecule has 0 spiro atoms. The monoisotopic (exact) mass is 358 g/mol. The van der Waals surface area contributed by atoms with Gasteiger partial charge in [0.25, 0.3) is 0 Å². The first-order chi connectivity index (χ1) is 11.2. The number of hydrogen-bond donors (Lipinski definition) is 1. The molecule has 0 radical (unpaired) electrons. The van der Waals surface area contributed by atoms with E-state index in [0.717, 1.165) is 0 Å². The van der Waals surface area contributed by atoms with Gasteiger partial charge in [0.2, 0.25) is 27.7 Å². The lowest BCUT2D eigenvalue weighted by molar-refractivity contribution is -0.127. The van der Waals surface area contributed by atoms with E-state index < -0.39 is 10.0 Å². The highest BCUT2D eigenvalue weighted by molar-refractivity contribution is 7.88. The number of nitrogens with zero attached hydrogens (tertiary/aromatic N) is 3. The number of amides is 1. The molecule has 0 bridgehead atoms. The van der Waals surface area contributed by atoms with E-state index in [1.165, 1.54) is 10.6 Å². The zero-order valence-corrected chi connectivity index (χ0v) is 15.5. The highest BCUT2D eigenvalue weighted by atomic mass is 32.2. The zero-order chi connectivity index (χ0) is 17.9. The van der Waals surface area contributed by atoms with Crippen molar-refractivity contribution in [3.8, 4) is 0 Å². The zero-order valence-electron chi connectivity index (χ0n) is 14.7. The maximum absolute atomic E-state index is 12.6. The average Bonchev–Trinajstić information content (AvgIpc) is 2.92. The van der Waals surface area contributed by atoms with E-state index in [0.29, 0.717) is 50.1 Å². The smallest absolute Gasteiger partial charge is 0.238 e. The molecular formula is C15H26N4O4S. The van der Waals surface area contributed by atoms with Crippen LogP contribution in [0.2, 0.25) is 0 Å². The maximum atomic E-state index is 12.6. The standard InChI is InChI=1S/C15H26N4O4S/c1-10(2)9-13(15-18-17-11(3)23-15)16-14(20)12-5-7-19(8-6-12)24(4,21)22/h10,12-13H,5-9H2,1-4H3,(H,16,20). The van der Waals surface area contributed by atoms with Crippen LogP contribution in [-0.2, 0) is 14.8 Å². The third kappa shape index (κ3) is 5.01. The molecule has 1 saturated heterocycles. The summed E-state index contributed by atoms with van der Waals surface area (Å²) >= 11 is 0. The number of carbonyl (C=O) groups excluding carboxylic acids is 1. The van der Waals surface area contributed by atoms with Crippen LogP contribution in [0.15, 0.2) is 4.42 Å². The highest BCUT2D eigenvalue weighted by Gasteiger charge is 2.31. The second-order valence-corrected chi connectivity index (χ2v) is 8.77. The summed E-state index contributed by atoms with van der Waals surface area (Å²) in [6.07, 6.45) is 2.95. The molecule has 1 atom stereocenters. The van der Waals surface area contributed by atoms with Gasteiger partial charge in [0.15, 0.2) is 0 Å². The van der Waals surface area contributed by atoms with Crippen LogP contribution in [0, 0.1) is 18.8 Å². The van der Waals surface area contributed by atoms with Crippen LogP contribution in [0.5, 0.6) is 0 Å². The van der Waals surface area contributed by atoms with Crippen LogP contribution in [-0.4, -0.2) is 48.2 Å². The number of rotatable bonds is 6. The van der Waals surface area contributed by atoms with Gasteiger partial charge in [0, 0.05) is 25.9 Å². The molecule has 1 aromatic heterocycles. The van der Waals surface area contributed by atoms with Crippen molar-refractivity contribution in [3.63, 3.8) is 0 Å². The molecule has 2 heterocycles. The van der Waals surface area contributed by atoms with Crippen molar-refractivity contribution in [3.05, 3.63) is 11.8 Å². The van der Waals surface area contributed by atoms with Crippen molar-refractivity contribution in [1.82, 2.24) is 19.8 Å². The molecule has 1 fully saturated rings. The molecule has 1 unspecified atom stereocenters. The van der Waals surface area contributed by atoms with Crippen LogP contribution in [0.3, 0.4) is 0 Å². The lowest BCUT2D eigenvalue weighted by Crippen LogP contribution is -2.43. The number of hydrogen-bond acceptors (Lipinski definition) is 6. The number of aryl methyl sites for hydroxylation is 1. The van der Waals surface area contributed by atoms with Gasteiger partial charge < -0.3 is 9.73 Å². The molecule has 9 heteroatoms. The first kappa shape index (κ1) is 18.9. The Hall–Kier alpha value is -1.48. The number of carbonyl (C=O) groups is 1. The lowest BCUT2D eigenvalue weighted by Gasteiger charge is -2.30. The maximum Gasteiger partial charge on any atom is 0.238 e. The second-order valence-electron chi connectivity index (χ2n) is 6.79. The first-order valence-electron chi connectivity index (χ1n) is 8.22. The Bertz CT molecular complexity index is 663. The molecule has 136 valence electrons. The van der Waals surface area contributed by atoms with Gasteiger partial charge in [-0.2, -0.15) is 0 Å². The van der Waals surface area contributed by atoms with E-state index in [2.05, 4.69) is 29.4 Å². The van der Waals surface area contributed by atoms with Crippen LogP contribution >= 0.6 is 0 Å². The molecule has 1 N–H and O–H groups in total. The van der Waals surface area contributed by atoms with Crippen molar-refractivity contribution >= 4 is 15.9 Å². The van der Waals surface area contributed by atoms with Crippen molar-refractivity contribution in [2.24, 2.45) is 11.8 Å². The van der Waals surface area contributed by atoms with Gasteiger partial charge in [-0.05, 0) is 25.2 Å². The first-order valence-corrected chi connectivity index (χ1v) is 10.1. The fourth-order valence-corrected chi connectivity index (χ4v) is 3.76. The van der Waals surface area contributed by atoms with E-state index in [9.17, 15) is 13.2 Å².